The van der Waals surface area contributed by atoms with Gasteiger partial charge in [-0.25, -0.2) is 9.59 Å². The maximum atomic E-state index is 12.7. The molecule has 2 aromatic rings. The van der Waals surface area contributed by atoms with E-state index in [1.807, 2.05) is 0 Å². The zero-order chi connectivity index (χ0) is 20.7. The molecule has 0 unspecified atom stereocenters. The number of rotatable bonds is 6. The normalized spacial score (nSPS) is 11.1. The Kier molecular flexibility index (Phi) is 6.86. The minimum atomic E-state index is -1.26. The second-order valence-electron chi connectivity index (χ2n) is 5.88. The first-order chi connectivity index (χ1) is 13.3. The highest BCUT2D eigenvalue weighted by Gasteiger charge is 2.26. The summed E-state index contributed by atoms with van der Waals surface area (Å²) in [4.78, 5) is 47.4. The van der Waals surface area contributed by atoms with Crippen molar-refractivity contribution in [1.82, 2.24) is 0 Å². The number of methoxy groups -OCH3 is 1. The predicted octanol–water partition coefficient (Wildman–Crippen LogP) is 2.67. The van der Waals surface area contributed by atoms with Gasteiger partial charge in [0.05, 0.1) is 12.7 Å². The molecule has 0 fully saturated rings. The van der Waals surface area contributed by atoms with Crippen LogP contribution in [0.4, 0.5) is 11.4 Å². The SMILES string of the molecule is COC(=O)[C@@H](OC(=O)c1cc(NC(C)=O)cc(NC(C)=O)c1)c1ccccc1. The maximum Gasteiger partial charge on any atom is 0.351 e. The van der Waals surface area contributed by atoms with E-state index in [-0.39, 0.29) is 17.4 Å². The lowest BCUT2D eigenvalue weighted by Gasteiger charge is -2.17. The minimum Gasteiger partial charge on any atom is -0.466 e. The van der Waals surface area contributed by atoms with Crippen LogP contribution in [0.2, 0.25) is 0 Å². The van der Waals surface area contributed by atoms with Crippen molar-refractivity contribution in [2.75, 3.05) is 17.7 Å². The average Bonchev–Trinajstić information content (AvgIpc) is 2.64. The number of carbonyl (C=O) groups is 4. The first-order valence-corrected chi connectivity index (χ1v) is 8.34. The van der Waals surface area contributed by atoms with E-state index in [9.17, 15) is 19.2 Å². The number of anilines is 2. The lowest BCUT2D eigenvalue weighted by atomic mass is 10.1. The van der Waals surface area contributed by atoms with Crippen LogP contribution in [-0.4, -0.2) is 30.9 Å². The van der Waals surface area contributed by atoms with Crippen LogP contribution in [-0.2, 0) is 23.9 Å². The first-order valence-electron chi connectivity index (χ1n) is 8.34. The second kappa shape index (κ2) is 9.31. The summed E-state index contributed by atoms with van der Waals surface area (Å²) in [5, 5.41) is 5.09. The Morgan fingerprint density at radius 1 is 0.857 bits per heavy atom. The number of ether oxygens (including phenoxy) is 2. The van der Waals surface area contributed by atoms with Gasteiger partial charge in [-0.3, -0.25) is 9.59 Å². The van der Waals surface area contributed by atoms with Gasteiger partial charge in [-0.05, 0) is 18.2 Å². The molecule has 0 saturated heterocycles. The van der Waals surface area contributed by atoms with Gasteiger partial charge in [0, 0.05) is 30.8 Å². The second-order valence-corrected chi connectivity index (χ2v) is 5.88. The van der Waals surface area contributed by atoms with E-state index in [1.54, 1.807) is 30.3 Å². The van der Waals surface area contributed by atoms with Gasteiger partial charge in [-0.2, -0.15) is 0 Å². The lowest BCUT2D eigenvalue weighted by molar-refractivity contribution is -0.151. The third-order valence-corrected chi connectivity index (χ3v) is 3.55. The monoisotopic (exact) mass is 384 g/mol. The molecular formula is C20H20N2O6. The molecule has 1 atom stereocenters. The Balaban J connectivity index is 2.35. The fraction of sp³-hybridized carbons (Fsp3) is 0.200. The Hall–Kier alpha value is -3.68. The number of hydrogen-bond donors (Lipinski definition) is 2. The van der Waals surface area contributed by atoms with E-state index >= 15 is 0 Å². The molecule has 0 aliphatic rings. The van der Waals surface area contributed by atoms with Crippen molar-refractivity contribution in [2.24, 2.45) is 0 Å². The molecule has 2 rings (SSSR count). The van der Waals surface area contributed by atoms with Crippen molar-refractivity contribution in [2.45, 2.75) is 20.0 Å². The van der Waals surface area contributed by atoms with Crippen LogP contribution < -0.4 is 10.6 Å². The molecule has 0 bridgehead atoms. The van der Waals surface area contributed by atoms with Crippen molar-refractivity contribution in [1.29, 1.82) is 0 Å². The zero-order valence-electron chi connectivity index (χ0n) is 15.6. The van der Waals surface area contributed by atoms with Crippen LogP contribution in [0.25, 0.3) is 0 Å². The molecule has 28 heavy (non-hydrogen) atoms. The molecule has 2 aromatic carbocycles. The van der Waals surface area contributed by atoms with Gasteiger partial charge < -0.3 is 20.1 Å². The zero-order valence-corrected chi connectivity index (χ0v) is 15.6. The molecule has 146 valence electrons. The summed E-state index contributed by atoms with van der Waals surface area (Å²) in [5.41, 5.74) is 1.07. The molecule has 0 aromatic heterocycles. The smallest absolute Gasteiger partial charge is 0.351 e. The highest BCUT2D eigenvalue weighted by molar-refractivity contribution is 5.98. The van der Waals surface area contributed by atoms with Crippen molar-refractivity contribution in [3.8, 4) is 0 Å². The summed E-state index contributed by atoms with van der Waals surface area (Å²) in [6, 6.07) is 12.7. The number of amides is 2. The quantitative estimate of drug-likeness (QED) is 0.741. The van der Waals surface area contributed by atoms with Gasteiger partial charge in [-0.15, -0.1) is 0 Å². The van der Waals surface area contributed by atoms with E-state index in [0.717, 1.165) is 0 Å². The van der Waals surface area contributed by atoms with Crippen LogP contribution in [0.15, 0.2) is 48.5 Å². The Bertz CT molecular complexity index is 861. The van der Waals surface area contributed by atoms with Gasteiger partial charge >= 0.3 is 11.9 Å². The van der Waals surface area contributed by atoms with Crippen molar-refractivity contribution in [3.63, 3.8) is 0 Å². The molecule has 8 nitrogen and oxygen atoms in total. The third-order valence-electron chi connectivity index (χ3n) is 3.55. The van der Waals surface area contributed by atoms with Crippen LogP contribution in [0.3, 0.4) is 0 Å². The van der Waals surface area contributed by atoms with Gasteiger partial charge in [0.15, 0.2) is 0 Å². The molecule has 0 aliphatic heterocycles. The number of esters is 2. The highest BCUT2D eigenvalue weighted by atomic mass is 16.6. The highest BCUT2D eigenvalue weighted by Crippen LogP contribution is 2.24. The first kappa shape index (κ1) is 20.6. The molecule has 0 spiro atoms. The van der Waals surface area contributed by atoms with Crippen molar-refractivity contribution < 1.29 is 28.7 Å². The topological polar surface area (TPSA) is 111 Å². The van der Waals surface area contributed by atoms with E-state index in [2.05, 4.69) is 10.6 Å². The van der Waals surface area contributed by atoms with Gasteiger partial charge in [0.1, 0.15) is 0 Å². The molecular weight excluding hydrogens is 364 g/mol. The molecule has 2 amide bonds. The van der Waals surface area contributed by atoms with Gasteiger partial charge in [-0.1, -0.05) is 30.3 Å². The average molecular weight is 384 g/mol. The van der Waals surface area contributed by atoms with Crippen LogP contribution in [0.5, 0.6) is 0 Å². The van der Waals surface area contributed by atoms with Crippen LogP contribution >= 0.6 is 0 Å². The number of nitrogens with one attached hydrogen (secondary N) is 2. The summed E-state index contributed by atoms with van der Waals surface area (Å²) >= 11 is 0. The summed E-state index contributed by atoms with van der Waals surface area (Å²) in [6.07, 6.45) is -1.26. The maximum absolute atomic E-state index is 12.7. The predicted molar refractivity (Wildman–Crippen MR) is 102 cm³/mol. The van der Waals surface area contributed by atoms with Crippen LogP contribution in [0, 0.1) is 0 Å². The largest absolute Gasteiger partial charge is 0.466 e. The Morgan fingerprint density at radius 3 is 1.86 bits per heavy atom. The fourth-order valence-electron chi connectivity index (χ4n) is 2.46. The summed E-state index contributed by atoms with van der Waals surface area (Å²) in [5.74, 6) is -2.26. The third kappa shape index (κ3) is 5.66. The van der Waals surface area contributed by atoms with Crippen molar-refractivity contribution >= 4 is 35.1 Å². The lowest BCUT2D eigenvalue weighted by Crippen LogP contribution is -2.21. The molecule has 0 radical (unpaired) electrons. The van der Waals surface area contributed by atoms with Crippen molar-refractivity contribution in [3.05, 3.63) is 59.7 Å². The summed E-state index contributed by atoms with van der Waals surface area (Å²) in [7, 11) is 1.19. The molecule has 0 saturated carbocycles. The Morgan fingerprint density at radius 2 is 1.39 bits per heavy atom. The molecule has 2 N–H and O–H groups in total. The summed E-state index contributed by atoms with van der Waals surface area (Å²) < 4.78 is 10.1. The van der Waals surface area contributed by atoms with E-state index < -0.39 is 18.0 Å². The number of carbonyl (C=O) groups excluding carboxylic acids is 4. The van der Waals surface area contributed by atoms with Gasteiger partial charge in [0.2, 0.25) is 17.9 Å². The van der Waals surface area contributed by atoms with Crippen LogP contribution in [0.1, 0.15) is 35.9 Å². The van der Waals surface area contributed by atoms with E-state index in [0.29, 0.717) is 16.9 Å². The fourth-order valence-corrected chi connectivity index (χ4v) is 2.46. The number of hydrogen-bond acceptors (Lipinski definition) is 6. The van der Waals surface area contributed by atoms with E-state index in [1.165, 1.54) is 39.2 Å². The molecule has 0 aliphatic carbocycles. The summed E-state index contributed by atoms with van der Waals surface area (Å²) in [6.45, 7) is 2.62. The number of benzene rings is 2. The molecule has 8 heteroatoms. The van der Waals surface area contributed by atoms with Gasteiger partial charge in [0.25, 0.3) is 0 Å². The Labute approximate surface area is 161 Å². The molecule has 0 heterocycles. The van der Waals surface area contributed by atoms with E-state index in [4.69, 9.17) is 9.47 Å². The standard InChI is InChI=1S/C20H20N2O6/c1-12(23)21-16-9-15(10-17(11-16)22-13(2)24)19(25)28-18(20(26)27-3)14-7-5-4-6-8-14/h4-11,18H,1-3H3,(H,21,23)(H,22,24)/t18-/m0/s1. The minimum absolute atomic E-state index is 0.0415.